The van der Waals surface area contributed by atoms with Gasteiger partial charge in [0.15, 0.2) is 0 Å². The van der Waals surface area contributed by atoms with E-state index in [9.17, 15) is 0 Å². The first kappa shape index (κ1) is 11.3. The second-order valence-corrected chi connectivity index (χ2v) is 7.51. The summed E-state index contributed by atoms with van der Waals surface area (Å²) >= 11 is 0.135. The van der Waals surface area contributed by atoms with Crippen LogP contribution >= 0.6 is 20.7 Å². The van der Waals surface area contributed by atoms with Gasteiger partial charge in [-0.2, -0.15) is 0 Å². The number of allylic oxidation sites excluding steroid dienone is 1. The van der Waals surface area contributed by atoms with Gasteiger partial charge in [-0.1, -0.05) is 4.51 Å². The Hall–Kier alpha value is -0.190. The predicted molar refractivity (Wildman–Crippen MR) is 76.1 cm³/mol. The lowest BCUT2D eigenvalue weighted by Crippen LogP contribution is -2.44. The Morgan fingerprint density at radius 2 is 2.40 bits per heavy atom. The van der Waals surface area contributed by atoms with Gasteiger partial charge in [-0.3, -0.25) is 4.99 Å². The molecule has 2 aliphatic rings. The molecule has 0 bridgehead atoms. The number of alkyl halides is 1. The van der Waals surface area contributed by atoms with Crippen molar-refractivity contribution < 1.29 is 0 Å². The van der Waals surface area contributed by atoms with Gasteiger partial charge in [-0.25, -0.2) is 0 Å². The van der Waals surface area contributed by atoms with Crippen LogP contribution in [0.3, 0.4) is 0 Å². The van der Waals surface area contributed by atoms with Crippen LogP contribution in [0.2, 0.25) is 0 Å². The Bertz CT molecular complexity index is 318. The highest BCUT2D eigenvalue weighted by Gasteiger charge is 2.34. The van der Waals surface area contributed by atoms with E-state index in [2.05, 4.69) is 34.5 Å². The largest absolute Gasteiger partial charge is 0.363 e. The first-order valence-electron chi connectivity index (χ1n) is 5.49. The molecule has 2 nitrogen and oxygen atoms in total. The molecular weight excluding hydrogens is 299 g/mol. The summed E-state index contributed by atoms with van der Waals surface area (Å²) in [7, 11) is 0. The molecule has 2 aliphatic heterocycles. The van der Waals surface area contributed by atoms with Gasteiger partial charge < -0.3 is 4.90 Å². The van der Waals surface area contributed by atoms with Crippen LogP contribution in [0.5, 0.6) is 0 Å². The highest BCUT2D eigenvalue weighted by atomic mass is 127. The molecule has 0 radical (unpaired) electrons. The van der Waals surface area contributed by atoms with E-state index in [4.69, 9.17) is 0 Å². The molecule has 0 aromatic heterocycles. The molecule has 0 aliphatic carbocycles. The van der Waals surface area contributed by atoms with Crippen LogP contribution in [0, 0.1) is 0 Å². The van der Waals surface area contributed by atoms with E-state index >= 15 is 0 Å². The fourth-order valence-electron chi connectivity index (χ4n) is 2.48. The number of fused-ring (bicyclic) bond motifs is 1. The zero-order valence-electron chi connectivity index (χ0n) is 9.54. The molecule has 0 spiro atoms. The van der Waals surface area contributed by atoms with E-state index in [1.807, 2.05) is 6.21 Å². The van der Waals surface area contributed by atoms with Crippen molar-refractivity contribution in [3.8, 4) is 0 Å². The number of nitrogens with zero attached hydrogens (tertiary/aromatic N) is 2. The fourth-order valence-corrected chi connectivity index (χ4v) is 4.62. The van der Waals surface area contributed by atoms with Gasteiger partial charge in [0, 0.05) is 27.6 Å². The molecule has 0 aromatic rings. The molecular formula is C12H19IN2. The van der Waals surface area contributed by atoms with E-state index in [1.54, 1.807) is 0 Å². The molecule has 1 fully saturated rings. The number of aliphatic imine (C=N–C) groups is 1. The Morgan fingerprint density at radius 3 is 3.13 bits per heavy atom. The third-order valence-corrected chi connectivity index (χ3v) is 5.63. The van der Waals surface area contributed by atoms with Crippen LogP contribution in [0.15, 0.2) is 16.9 Å². The van der Waals surface area contributed by atoms with Crippen LogP contribution in [-0.4, -0.2) is 31.6 Å². The summed E-state index contributed by atoms with van der Waals surface area (Å²) in [5, 5.41) is 0. The summed E-state index contributed by atoms with van der Waals surface area (Å²) < 4.78 is 5.05. The molecule has 1 saturated heterocycles. The average molecular weight is 318 g/mol. The maximum absolute atomic E-state index is 4.28. The van der Waals surface area contributed by atoms with Crippen molar-refractivity contribution in [3.05, 3.63) is 11.9 Å². The summed E-state index contributed by atoms with van der Waals surface area (Å²) in [5.74, 6) is 0. The summed E-state index contributed by atoms with van der Waals surface area (Å²) in [6.07, 6.45) is 7.88. The minimum absolute atomic E-state index is 0.135. The predicted octanol–water partition coefficient (Wildman–Crippen LogP) is 2.95. The third kappa shape index (κ3) is 2.32. The second-order valence-electron chi connectivity index (χ2n) is 4.87. The van der Waals surface area contributed by atoms with E-state index in [1.165, 1.54) is 25.0 Å². The highest BCUT2D eigenvalue weighted by Crippen LogP contribution is 2.37. The Kier molecular flexibility index (Phi) is 3.28. The van der Waals surface area contributed by atoms with Crippen LogP contribution in [-0.2, 0) is 0 Å². The minimum Gasteiger partial charge on any atom is -0.363 e. The molecule has 0 amide bonds. The maximum atomic E-state index is 4.28. The van der Waals surface area contributed by atoms with E-state index in [-0.39, 0.29) is 26.3 Å². The van der Waals surface area contributed by atoms with Crippen molar-refractivity contribution >= 4 is 31.5 Å². The van der Waals surface area contributed by atoms with Crippen LogP contribution < -0.4 is 0 Å². The van der Waals surface area contributed by atoms with Gasteiger partial charge in [-0.15, -0.1) is 20.7 Å². The zero-order valence-corrected chi connectivity index (χ0v) is 11.7. The van der Waals surface area contributed by atoms with Crippen molar-refractivity contribution in [1.29, 1.82) is 0 Å². The quantitative estimate of drug-likeness (QED) is 0.536. The molecule has 0 N–H and O–H groups in total. The summed E-state index contributed by atoms with van der Waals surface area (Å²) in [6, 6.07) is 0. The number of hydrogen-bond acceptors (Lipinski definition) is 2. The lowest BCUT2D eigenvalue weighted by molar-refractivity contribution is 0.184. The normalized spacial score (nSPS) is 29.3. The zero-order chi connectivity index (χ0) is 10.9. The van der Waals surface area contributed by atoms with Gasteiger partial charge >= 0.3 is 0 Å². The van der Waals surface area contributed by atoms with Crippen molar-refractivity contribution in [3.63, 3.8) is 0 Å². The number of hydrogen-bond donors (Lipinski definition) is 0. The van der Waals surface area contributed by atoms with E-state index < -0.39 is 0 Å². The number of rotatable bonds is 1. The van der Waals surface area contributed by atoms with Crippen LogP contribution in [0.4, 0.5) is 0 Å². The highest BCUT2D eigenvalue weighted by molar-refractivity contribution is 14.2. The topological polar surface area (TPSA) is 15.6 Å². The van der Waals surface area contributed by atoms with Crippen molar-refractivity contribution in [1.82, 2.24) is 4.90 Å². The monoisotopic (exact) mass is 318 g/mol. The average Bonchev–Trinajstić information content (AvgIpc) is 2.36. The van der Waals surface area contributed by atoms with E-state index in [0.29, 0.717) is 0 Å². The molecule has 2 heterocycles. The third-order valence-electron chi connectivity index (χ3n) is 3.32. The second kappa shape index (κ2) is 4.36. The van der Waals surface area contributed by atoms with Crippen LogP contribution in [0.25, 0.3) is 0 Å². The van der Waals surface area contributed by atoms with E-state index in [0.717, 1.165) is 10.5 Å². The first-order valence-corrected chi connectivity index (χ1v) is 8.26. The Morgan fingerprint density at radius 1 is 1.60 bits per heavy atom. The summed E-state index contributed by atoms with van der Waals surface area (Å²) in [4.78, 5) is 6.81. The van der Waals surface area contributed by atoms with Crippen molar-refractivity contribution in [2.45, 2.75) is 42.6 Å². The van der Waals surface area contributed by atoms with Crippen molar-refractivity contribution in [2.75, 3.05) is 6.54 Å². The van der Waals surface area contributed by atoms with Gasteiger partial charge in [0.1, 0.15) is 0 Å². The lowest BCUT2D eigenvalue weighted by atomic mass is 9.96. The molecule has 1 atom stereocenters. The minimum atomic E-state index is 0.135. The molecule has 0 aromatic carbocycles. The van der Waals surface area contributed by atoms with Crippen LogP contribution in [0.1, 0.15) is 33.1 Å². The Balaban J connectivity index is 2.26. The molecule has 2 rings (SSSR count). The van der Waals surface area contributed by atoms with Gasteiger partial charge in [-0.05, 0) is 33.1 Å². The molecule has 15 heavy (non-hydrogen) atoms. The summed E-state index contributed by atoms with van der Waals surface area (Å²) in [6.45, 7) is 5.70. The van der Waals surface area contributed by atoms with Gasteiger partial charge in [0.25, 0.3) is 0 Å². The van der Waals surface area contributed by atoms with Gasteiger partial charge in [0.05, 0.1) is 6.54 Å². The molecule has 3 heteroatoms. The number of halogens is 1. The molecule has 84 valence electrons. The summed E-state index contributed by atoms with van der Waals surface area (Å²) in [5.41, 5.74) is 1.72. The Labute approximate surface area is 102 Å². The standard InChI is InChI=1S/C12H19IN2/c1-12(2)8-10(13-3)4-5-11-9-14-6-7-15(11)12/h6,9-10H,3-5,7-8H2,1-2H3. The van der Waals surface area contributed by atoms with Gasteiger partial charge in [0.2, 0.25) is 0 Å². The SMILES string of the molecule is C=IC1CCC2=CN=CCN2C(C)(C)C1. The molecule has 0 saturated carbocycles. The fraction of sp³-hybridized carbons (Fsp3) is 0.667. The maximum Gasteiger partial charge on any atom is 0.0535 e. The first-order chi connectivity index (χ1) is 7.13. The molecule has 1 unspecified atom stereocenters. The smallest absolute Gasteiger partial charge is 0.0535 e. The van der Waals surface area contributed by atoms with Crippen molar-refractivity contribution in [2.24, 2.45) is 4.99 Å². The lowest BCUT2D eigenvalue weighted by Gasteiger charge is -2.41.